The second-order valence-electron chi connectivity index (χ2n) is 8.72. The zero-order valence-electron chi connectivity index (χ0n) is 16.2. The van der Waals surface area contributed by atoms with E-state index in [2.05, 4.69) is 15.5 Å². The monoisotopic (exact) mass is 389 g/mol. The number of carbonyl (C=O) groups excluding carboxylic acids is 2. The average Bonchev–Trinajstić information content (AvgIpc) is 2.87. The van der Waals surface area contributed by atoms with Crippen molar-refractivity contribution in [1.82, 2.24) is 15.5 Å². The van der Waals surface area contributed by atoms with Crippen LogP contribution in [0.4, 0.5) is 4.39 Å². The van der Waals surface area contributed by atoms with Crippen molar-refractivity contribution in [3.8, 4) is 0 Å². The molecule has 3 saturated heterocycles. The van der Waals surface area contributed by atoms with Crippen molar-refractivity contribution in [2.24, 2.45) is 5.92 Å². The molecule has 3 aliphatic heterocycles. The first-order valence-corrected chi connectivity index (χ1v) is 10.1. The third-order valence-corrected chi connectivity index (χ3v) is 6.23. The number of rotatable bonds is 6. The number of nitrogens with one attached hydrogen (secondary N) is 2. The molecule has 2 N–H and O–H groups in total. The summed E-state index contributed by atoms with van der Waals surface area (Å²) in [6.07, 6.45) is 4.17. The van der Waals surface area contributed by atoms with Gasteiger partial charge >= 0.3 is 0 Å². The molecule has 0 aliphatic carbocycles. The van der Waals surface area contributed by atoms with Crippen molar-refractivity contribution >= 4 is 11.8 Å². The lowest BCUT2D eigenvalue weighted by Gasteiger charge is -2.41. The lowest BCUT2D eigenvalue weighted by atomic mass is 9.90. The van der Waals surface area contributed by atoms with Crippen LogP contribution in [0.1, 0.15) is 43.0 Å². The standard InChI is InChI=1S/C21H28FN3O3/c1-21(12-28-13-21)24-19(26)11-25-17-5-6-18(25)8-14(7-17)10-23-20(27)15-3-2-4-16(22)9-15/h2-4,9,14,17-18H,5-8,10-13H2,1H3,(H,23,27)(H,24,26)/t14?,17-,18?/m1/s1. The van der Waals surface area contributed by atoms with Gasteiger partial charge in [-0.2, -0.15) is 0 Å². The average molecular weight is 389 g/mol. The predicted molar refractivity (Wildman–Crippen MR) is 102 cm³/mol. The van der Waals surface area contributed by atoms with Gasteiger partial charge in [-0.1, -0.05) is 6.07 Å². The second kappa shape index (κ2) is 7.79. The fourth-order valence-electron chi connectivity index (χ4n) is 4.80. The summed E-state index contributed by atoms with van der Waals surface area (Å²) in [6, 6.07) is 6.55. The number of carbonyl (C=O) groups is 2. The molecule has 28 heavy (non-hydrogen) atoms. The number of halogens is 1. The highest BCUT2D eigenvalue weighted by Gasteiger charge is 2.42. The van der Waals surface area contributed by atoms with Crippen molar-refractivity contribution in [3.05, 3.63) is 35.6 Å². The molecule has 2 unspecified atom stereocenters. The van der Waals surface area contributed by atoms with Crippen LogP contribution in [0.2, 0.25) is 0 Å². The van der Waals surface area contributed by atoms with Crippen LogP contribution >= 0.6 is 0 Å². The fraction of sp³-hybridized carbons (Fsp3) is 0.619. The van der Waals surface area contributed by atoms with Gasteiger partial charge in [-0.25, -0.2) is 4.39 Å². The van der Waals surface area contributed by atoms with Crippen LogP contribution in [0.3, 0.4) is 0 Å². The number of benzene rings is 1. The Morgan fingerprint density at radius 3 is 2.57 bits per heavy atom. The first kappa shape index (κ1) is 19.3. The van der Waals surface area contributed by atoms with Crippen LogP contribution in [-0.4, -0.2) is 60.6 Å². The third-order valence-electron chi connectivity index (χ3n) is 6.23. The quantitative estimate of drug-likeness (QED) is 0.777. The van der Waals surface area contributed by atoms with Crippen LogP contribution in [0, 0.1) is 11.7 Å². The van der Waals surface area contributed by atoms with Crippen LogP contribution in [0.25, 0.3) is 0 Å². The minimum absolute atomic E-state index is 0.0700. The summed E-state index contributed by atoms with van der Waals surface area (Å²) in [7, 11) is 0. The molecule has 1 aromatic rings. The van der Waals surface area contributed by atoms with E-state index in [1.54, 1.807) is 12.1 Å². The van der Waals surface area contributed by atoms with Gasteiger partial charge in [-0.3, -0.25) is 14.5 Å². The van der Waals surface area contributed by atoms with Gasteiger partial charge in [-0.15, -0.1) is 0 Å². The summed E-state index contributed by atoms with van der Waals surface area (Å²) < 4.78 is 18.5. The highest BCUT2D eigenvalue weighted by atomic mass is 19.1. The molecule has 4 rings (SSSR count). The van der Waals surface area contributed by atoms with E-state index in [0.29, 0.717) is 49.9 Å². The Balaban J connectivity index is 1.26. The Hall–Kier alpha value is -1.99. The molecule has 2 amide bonds. The number of piperidine rings is 1. The molecule has 0 radical (unpaired) electrons. The SMILES string of the molecule is CC1(NC(=O)CN2C3CC[C@@H]2CC(CNC(=O)c2cccc(F)c2)C3)COC1. The summed E-state index contributed by atoms with van der Waals surface area (Å²) in [4.78, 5) is 27.0. The molecule has 3 fully saturated rings. The van der Waals surface area contributed by atoms with Crippen molar-refractivity contribution < 1.29 is 18.7 Å². The normalized spacial score (nSPS) is 28.4. The number of fused-ring (bicyclic) bond motifs is 2. The van der Waals surface area contributed by atoms with Crippen molar-refractivity contribution in [1.29, 1.82) is 0 Å². The van der Waals surface area contributed by atoms with E-state index >= 15 is 0 Å². The van der Waals surface area contributed by atoms with E-state index in [-0.39, 0.29) is 17.4 Å². The first-order valence-electron chi connectivity index (χ1n) is 10.1. The van der Waals surface area contributed by atoms with Gasteiger partial charge in [-0.05, 0) is 56.7 Å². The summed E-state index contributed by atoms with van der Waals surface area (Å²) in [6.45, 7) is 4.21. The van der Waals surface area contributed by atoms with Crippen LogP contribution in [-0.2, 0) is 9.53 Å². The topological polar surface area (TPSA) is 70.7 Å². The molecule has 0 spiro atoms. The van der Waals surface area contributed by atoms with E-state index in [9.17, 15) is 14.0 Å². The third kappa shape index (κ3) is 4.20. The van der Waals surface area contributed by atoms with E-state index < -0.39 is 5.82 Å². The number of ether oxygens (including phenoxy) is 1. The zero-order valence-corrected chi connectivity index (χ0v) is 16.2. The minimum atomic E-state index is -0.403. The van der Waals surface area contributed by atoms with Gasteiger partial charge in [0, 0.05) is 24.2 Å². The molecule has 152 valence electrons. The van der Waals surface area contributed by atoms with E-state index in [4.69, 9.17) is 4.74 Å². The van der Waals surface area contributed by atoms with Gasteiger partial charge in [0.05, 0.1) is 25.3 Å². The predicted octanol–water partition coefficient (Wildman–Crippen LogP) is 1.70. The molecule has 0 saturated carbocycles. The summed E-state index contributed by atoms with van der Waals surface area (Å²) in [5.41, 5.74) is 0.140. The fourth-order valence-corrected chi connectivity index (χ4v) is 4.80. The molecule has 3 atom stereocenters. The van der Waals surface area contributed by atoms with Gasteiger partial charge in [0.15, 0.2) is 0 Å². The lowest BCUT2D eigenvalue weighted by Crippen LogP contribution is -2.62. The smallest absolute Gasteiger partial charge is 0.251 e. The Morgan fingerprint density at radius 2 is 1.96 bits per heavy atom. The number of amides is 2. The highest BCUT2D eigenvalue weighted by Crippen LogP contribution is 2.38. The van der Waals surface area contributed by atoms with Crippen LogP contribution in [0.5, 0.6) is 0 Å². The van der Waals surface area contributed by atoms with Crippen LogP contribution in [0.15, 0.2) is 24.3 Å². The Kier molecular flexibility index (Phi) is 5.38. The van der Waals surface area contributed by atoms with E-state index in [1.807, 2.05) is 6.92 Å². The molecular weight excluding hydrogens is 361 g/mol. The molecule has 1 aromatic carbocycles. The van der Waals surface area contributed by atoms with Gasteiger partial charge < -0.3 is 15.4 Å². The molecular formula is C21H28FN3O3. The second-order valence-corrected chi connectivity index (χ2v) is 8.72. The number of hydrogen-bond acceptors (Lipinski definition) is 4. The van der Waals surface area contributed by atoms with Crippen molar-refractivity contribution in [2.75, 3.05) is 26.3 Å². The lowest BCUT2D eigenvalue weighted by molar-refractivity contribution is -0.133. The summed E-state index contributed by atoms with van der Waals surface area (Å²) >= 11 is 0. The maximum Gasteiger partial charge on any atom is 0.251 e. The molecule has 2 bridgehead atoms. The van der Waals surface area contributed by atoms with Gasteiger partial charge in [0.2, 0.25) is 5.91 Å². The van der Waals surface area contributed by atoms with Crippen LogP contribution < -0.4 is 10.6 Å². The van der Waals surface area contributed by atoms with Gasteiger partial charge in [0.25, 0.3) is 5.91 Å². The number of nitrogens with zero attached hydrogens (tertiary/aromatic N) is 1. The van der Waals surface area contributed by atoms with Crippen molar-refractivity contribution in [3.63, 3.8) is 0 Å². The zero-order chi connectivity index (χ0) is 19.7. The largest absolute Gasteiger partial charge is 0.376 e. The van der Waals surface area contributed by atoms with Gasteiger partial charge in [0.1, 0.15) is 5.82 Å². The maximum absolute atomic E-state index is 13.3. The summed E-state index contributed by atoms with van der Waals surface area (Å²) in [5, 5.41) is 6.04. The summed E-state index contributed by atoms with van der Waals surface area (Å²) in [5.74, 6) is -0.170. The van der Waals surface area contributed by atoms with E-state index in [0.717, 1.165) is 25.7 Å². The Morgan fingerprint density at radius 1 is 1.25 bits per heavy atom. The molecule has 6 nitrogen and oxygen atoms in total. The molecule has 3 aliphatic rings. The Bertz CT molecular complexity index is 738. The molecule has 3 heterocycles. The maximum atomic E-state index is 13.3. The minimum Gasteiger partial charge on any atom is -0.376 e. The Labute approximate surface area is 164 Å². The van der Waals surface area contributed by atoms with Crippen molar-refractivity contribution in [2.45, 2.75) is 50.2 Å². The highest BCUT2D eigenvalue weighted by molar-refractivity contribution is 5.94. The molecule has 0 aromatic heterocycles. The van der Waals surface area contributed by atoms with E-state index in [1.165, 1.54) is 12.1 Å². The number of hydrogen-bond donors (Lipinski definition) is 2. The first-order chi connectivity index (χ1) is 13.4. The molecule has 7 heteroatoms.